The van der Waals surface area contributed by atoms with E-state index < -0.39 is 41.4 Å². The summed E-state index contributed by atoms with van der Waals surface area (Å²) in [7, 11) is 0. The molecule has 0 amide bonds. The molecule has 2 bridgehead atoms. The van der Waals surface area contributed by atoms with Gasteiger partial charge in [0.25, 0.3) is 0 Å². The number of esters is 2. The number of aliphatic carboxylic acids is 1. The van der Waals surface area contributed by atoms with Gasteiger partial charge in [-0.2, -0.15) is 0 Å². The van der Waals surface area contributed by atoms with Crippen LogP contribution < -0.4 is 0 Å². The molecule has 1 N–H and O–H groups in total. The van der Waals surface area contributed by atoms with Gasteiger partial charge in [-0.15, -0.1) is 0 Å². The fourth-order valence-corrected chi connectivity index (χ4v) is 4.06. The van der Waals surface area contributed by atoms with Crippen LogP contribution in [0.25, 0.3) is 0 Å². The number of hydrogen-bond acceptors (Lipinski definition) is 6. The van der Waals surface area contributed by atoms with Crippen LogP contribution in [0.3, 0.4) is 0 Å². The molecule has 0 aromatic heterocycles. The molecule has 0 spiro atoms. The maximum atomic E-state index is 12.8. The lowest BCUT2D eigenvalue weighted by Gasteiger charge is -2.43. The van der Waals surface area contributed by atoms with Crippen LogP contribution in [0.1, 0.15) is 48.0 Å². The normalized spacial score (nSPS) is 29.2. The molecule has 7 nitrogen and oxygen atoms in total. The van der Waals surface area contributed by atoms with Gasteiger partial charge in [0.05, 0.1) is 17.6 Å². The van der Waals surface area contributed by atoms with Gasteiger partial charge in [-0.25, -0.2) is 0 Å². The van der Waals surface area contributed by atoms with E-state index in [1.165, 1.54) is 0 Å². The fourth-order valence-electron chi connectivity index (χ4n) is 4.06. The molecule has 0 aromatic rings. The molecular formula is C21H32O7. The van der Waals surface area contributed by atoms with Gasteiger partial charge in [-0.3, -0.25) is 14.4 Å². The average Bonchev–Trinajstić information content (AvgIpc) is 3.23. The van der Waals surface area contributed by atoms with Crippen LogP contribution in [-0.2, 0) is 28.6 Å². The Labute approximate surface area is 166 Å². The largest absolute Gasteiger partial charge is 0.481 e. The summed E-state index contributed by atoms with van der Waals surface area (Å²) in [5.41, 5.74) is -0.971. The number of carbonyl (C=O) groups is 3. The van der Waals surface area contributed by atoms with Crippen LogP contribution in [0.4, 0.5) is 0 Å². The van der Waals surface area contributed by atoms with Crippen molar-refractivity contribution in [1.29, 1.82) is 0 Å². The molecule has 6 unspecified atom stereocenters. The number of hydrogen-bond donors (Lipinski definition) is 1. The lowest BCUT2D eigenvalue weighted by molar-refractivity contribution is -0.171. The summed E-state index contributed by atoms with van der Waals surface area (Å²) in [5, 5.41) is 9.35. The van der Waals surface area contributed by atoms with Crippen LogP contribution in [0.5, 0.6) is 0 Å². The van der Waals surface area contributed by atoms with Gasteiger partial charge in [0.15, 0.2) is 0 Å². The summed E-state index contributed by atoms with van der Waals surface area (Å²) in [4.78, 5) is 36.6. The molecule has 0 radical (unpaired) electrons. The van der Waals surface area contributed by atoms with Crippen molar-refractivity contribution in [2.24, 2.45) is 28.6 Å². The van der Waals surface area contributed by atoms with Crippen molar-refractivity contribution in [2.75, 3.05) is 13.2 Å². The highest BCUT2D eigenvalue weighted by molar-refractivity contribution is 5.84. The minimum Gasteiger partial charge on any atom is -0.481 e. The van der Waals surface area contributed by atoms with Gasteiger partial charge in [0.1, 0.15) is 25.0 Å². The van der Waals surface area contributed by atoms with Crippen molar-refractivity contribution in [3.8, 4) is 0 Å². The first-order chi connectivity index (χ1) is 12.9. The number of fused-ring (bicyclic) bond motifs is 2. The molecule has 2 rings (SSSR count). The van der Waals surface area contributed by atoms with E-state index in [9.17, 15) is 19.5 Å². The van der Waals surface area contributed by atoms with Crippen LogP contribution in [0.2, 0.25) is 0 Å². The van der Waals surface area contributed by atoms with Gasteiger partial charge in [0.2, 0.25) is 0 Å². The van der Waals surface area contributed by atoms with E-state index in [-0.39, 0.29) is 30.5 Å². The van der Waals surface area contributed by atoms with Gasteiger partial charge in [-0.1, -0.05) is 53.2 Å². The summed E-state index contributed by atoms with van der Waals surface area (Å²) in [6, 6.07) is 0. The monoisotopic (exact) mass is 396 g/mol. The van der Waals surface area contributed by atoms with Crippen LogP contribution in [0.15, 0.2) is 12.2 Å². The van der Waals surface area contributed by atoms with Crippen molar-refractivity contribution in [1.82, 2.24) is 0 Å². The molecule has 158 valence electrons. The first-order valence-corrected chi connectivity index (χ1v) is 9.85. The van der Waals surface area contributed by atoms with Crippen molar-refractivity contribution in [2.45, 2.75) is 60.2 Å². The Morgan fingerprint density at radius 3 is 2.07 bits per heavy atom. The minimum absolute atomic E-state index is 0.0675. The van der Waals surface area contributed by atoms with E-state index in [1.807, 2.05) is 41.5 Å². The molecule has 0 saturated carbocycles. The second-order valence-corrected chi connectivity index (χ2v) is 8.91. The van der Waals surface area contributed by atoms with E-state index in [0.717, 1.165) is 6.42 Å². The Balaban J connectivity index is 1.90. The van der Waals surface area contributed by atoms with Crippen LogP contribution in [0, 0.1) is 28.6 Å². The standard InChI is InChI=1S/C21H32O7/c1-7-12(2)21(6,20(3,4)5)19(25)27-11-10-26-18(24)16-14-9-8-13(28-14)15(16)17(22)23/h8-9,12-16H,7,10-11H2,1-6H3,(H,22,23). The number of carboxylic acid groups (broad SMARTS) is 1. The molecule has 28 heavy (non-hydrogen) atoms. The number of carboxylic acids is 1. The van der Waals surface area contributed by atoms with Crippen LogP contribution in [-0.4, -0.2) is 48.4 Å². The molecule has 1 fully saturated rings. The second kappa shape index (κ2) is 8.23. The first-order valence-electron chi connectivity index (χ1n) is 9.85. The molecule has 1 saturated heterocycles. The van der Waals surface area contributed by atoms with Gasteiger partial charge in [0, 0.05) is 0 Å². The third-order valence-electron chi connectivity index (χ3n) is 6.60. The van der Waals surface area contributed by atoms with Crippen LogP contribution >= 0.6 is 0 Å². The number of carbonyl (C=O) groups excluding carboxylic acids is 2. The summed E-state index contributed by atoms with van der Waals surface area (Å²) >= 11 is 0. The predicted molar refractivity (Wildman–Crippen MR) is 101 cm³/mol. The zero-order valence-electron chi connectivity index (χ0n) is 17.6. The number of ether oxygens (including phenoxy) is 3. The molecule has 0 aliphatic carbocycles. The Kier molecular flexibility index (Phi) is 6.58. The van der Waals surface area contributed by atoms with Crippen molar-refractivity contribution in [3.05, 3.63) is 12.2 Å². The third kappa shape index (κ3) is 3.95. The van der Waals surface area contributed by atoms with E-state index >= 15 is 0 Å². The quantitative estimate of drug-likeness (QED) is 0.383. The highest BCUT2D eigenvalue weighted by atomic mass is 16.6. The topological polar surface area (TPSA) is 99.1 Å². The smallest absolute Gasteiger partial charge is 0.313 e. The van der Waals surface area contributed by atoms with E-state index in [0.29, 0.717) is 0 Å². The molecule has 6 atom stereocenters. The van der Waals surface area contributed by atoms with E-state index in [4.69, 9.17) is 14.2 Å². The summed E-state index contributed by atoms with van der Waals surface area (Å²) < 4.78 is 16.1. The predicted octanol–water partition coefficient (Wildman–Crippen LogP) is 2.83. The first kappa shape index (κ1) is 22.4. The highest BCUT2D eigenvalue weighted by Crippen LogP contribution is 2.46. The summed E-state index contributed by atoms with van der Waals surface area (Å²) in [6.45, 7) is 11.8. The minimum atomic E-state index is -1.08. The number of rotatable bonds is 8. The average molecular weight is 396 g/mol. The Hall–Kier alpha value is -1.89. The zero-order valence-corrected chi connectivity index (χ0v) is 17.6. The van der Waals surface area contributed by atoms with Gasteiger partial charge < -0.3 is 19.3 Å². The molecule has 2 aliphatic rings. The summed E-state index contributed by atoms with van der Waals surface area (Å²) in [5.74, 6) is -3.74. The maximum absolute atomic E-state index is 12.8. The summed E-state index contributed by atoms with van der Waals surface area (Å²) in [6.07, 6.45) is 3.03. The molecule has 2 heterocycles. The Bertz CT molecular complexity index is 648. The second-order valence-electron chi connectivity index (χ2n) is 8.91. The van der Waals surface area contributed by atoms with Crippen molar-refractivity contribution < 1.29 is 33.7 Å². The lowest BCUT2D eigenvalue weighted by Crippen LogP contribution is -2.46. The SMILES string of the molecule is CCC(C)C(C)(C(=O)OCCOC(=O)C1C2C=CC(O2)C1C(=O)O)C(C)(C)C. The lowest BCUT2D eigenvalue weighted by atomic mass is 9.60. The highest BCUT2D eigenvalue weighted by Gasteiger charge is 2.54. The van der Waals surface area contributed by atoms with Gasteiger partial charge in [-0.05, 0) is 18.3 Å². The fraction of sp³-hybridized carbons (Fsp3) is 0.762. The Morgan fingerprint density at radius 2 is 1.57 bits per heavy atom. The Morgan fingerprint density at radius 1 is 1.04 bits per heavy atom. The maximum Gasteiger partial charge on any atom is 0.313 e. The molecule has 0 aromatic carbocycles. The van der Waals surface area contributed by atoms with E-state index in [1.54, 1.807) is 12.2 Å². The van der Waals surface area contributed by atoms with Gasteiger partial charge >= 0.3 is 17.9 Å². The molecule has 7 heteroatoms. The van der Waals surface area contributed by atoms with E-state index in [2.05, 4.69) is 0 Å². The zero-order chi connectivity index (χ0) is 21.3. The third-order valence-corrected chi connectivity index (χ3v) is 6.60. The van der Waals surface area contributed by atoms with Crippen molar-refractivity contribution >= 4 is 17.9 Å². The molecule has 2 aliphatic heterocycles. The molecular weight excluding hydrogens is 364 g/mol. The van der Waals surface area contributed by atoms with Crippen molar-refractivity contribution in [3.63, 3.8) is 0 Å².